The molecule has 41 heavy (non-hydrogen) atoms. The molecule has 6 nitrogen and oxygen atoms in total. The number of ether oxygens (including phenoxy) is 3. The highest BCUT2D eigenvalue weighted by atomic mass is 16.7. The highest BCUT2D eigenvalue weighted by molar-refractivity contribution is 5.69. The second-order valence-electron chi connectivity index (χ2n) is 13.3. The summed E-state index contributed by atoms with van der Waals surface area (Å²) in [7, 11) is 0. The molecular weight excluding hydrogens is 514 g/mol. The normalized spacial score (nSPS) is 28.2. The minimum absolute atomic E-state index is 0.0313. The number of benzene rings is 1. The molecule has 1 saturated carbocycles. The molecule has 2 bridgehead atoms. The van der Waals surface area contributed by atoms with Gasteiger partial charge in [0, 0.05) is 18.2 Å². The number of carbonyl (C=O) groups is 1. The second-order valence-corrected chi connectivity index (χ2v) is 13.3. The molecular formula is C35H53NO5. The standard InChI is InChI=1S/C35H53NO5/c1-5-7-8-9-10-11-12-13-14-15-22-39-33(37)40-28-19-18-27-23-29-34(4,38)35(20-21-36(29)24-26-16-17-26)30(27)31(28)41-32(35)25(3)6-2/h18-19,26,29,32,38H,3,5-17,20-24H2,1-2,4H3/t29?,32-,34+,35-/m0/s1. The molecule has 1 aromatic carbocycles. The van der Waals surface area contributed by atoms with Gasteiger partial charge in [-0.15, -0.1) is 0 Å². The number of rotatable bonds is 16. The minimum Gasteiger partial charge on any atom is -0.481 e. The van der Waals surface area contributed by atoms with Crippen LogP contribution < -0.4 is 9.47 Å². The molecule has 4 aliphatic rings. The van der Waals surface area contributed by atoms with E-state index in [2.05, 4.69) is 31.4 Å². The number of carbonyl (C=O) groups excluding carboxylic acids is 1. The lowest BCUT2D eigenvalue weighted by atomic mass is 9.52. The maximum Gasteiger partial charge on any atom is 0.513 e. The minimum atomic E-state index is -0.990. The van der Waals surface area contributed by atoms with Crippen LogP contribution in [0, 0.1) is 5.92 Å². The topological polar surface area (TPSA) is 68.2 Å². The summed E-state index contributed by atoms with van der Waals surface area (Å²) in [6.45, 7) is 13.1. The van der Waals surface area contributed by atoms with Crippen molar-refractivity contribution in [2.24, 2.45) is 5.92 Å². The van der Waals surface area contributed by atoms with Crippen LogP contribution in [-0.2, 0) is 16.6 Å². The van der Waals surface area contributed by atoms with Gasteiger partial charge in [0.2, 0.25) is 0 Å². The van der Waals surface area contributed by atoms with Crippen LogP contribution in [0.15, 0.2) is 24.3 Å². The van der Waals surface area contributed by atoms with Gasteiger partial charge in [0.25, 0.3) is 0 Å². The molecule has 1 aromatic rings. The Morgan fingerprint density at radius 1 is 1.07 bits per heavy atom. The van der Waals surface area contributed by atoms with Crippen LogP contribution in [0.4, 0.5) is 4.79 Å². The first kappa shape index (κ1) is 30.4. The second kappa shape index (κ2) is 13.1. The Morgan fingerprint density at radius 3 is 2.41 bits per heavy atom. The third-order valence-corrected chi connectivity index (χ3v) is 10.5. The van der Waals surface area contributed by atoms with Crippen molar-refractivity contribution >= 4 is 6.16 Å². The number of hydrogen-bond donors (Lipinski definition) is 1. The van der Waals surface area contributed by atoms with Crippen molar-refractivity contribution in [3.05, 3.63) is 35.4 Å². The third kappa shape index (κ3) is 6.06. The lowest BCUT2D eigenvalue weighted by Crippen LogP contribution is -2.73. The summed E-state index contributed by atoms with van der Waals surface area (Å²) in [6.07, 6.45) is 16.2. The summed E-state index contributed by atoms with van der Waals surface area (Å²) in [5.74, 6) is 1.74. The van der Waals surface area contributed by atoms with Crippen LogP contribution in [0.1, 0.15) is 122 Å². The molecule has 6 heteroatoms. The Hall–Kier alpha value is -2.05. The Labute approximate surface area is 247 Å². The fourth-order valence-electron chi connectivity index (χ4n) is 7.83. The molecule has 2 aliphatic carbocycles. The van der Waals surface area contributed by atoms with Crippen molar-refractivity contribution in [1.29, 1.82) is 0 Å². The summed E-state index contributed by atoms with van der Waals surface area (Å²) < 4.78 is 17.9. The quantitative estimate of drug-likeness (QED) is 0.0948. The van der Waals surface area contributed by atoms with Gasteiger partial charge in [0.1, 0.15) is 6.10 Å². The third-order valence-electron chi connectivity index (χ3n) is 10.5. The lowest BCUT2D eigenvalue weighted by Gasteiger charge is -2.60. The van der Waals surface area contributed by atoms with Crippen molar-refractivity contribution in [2.75, 3.05) is 19.7 Å². The molecule has 1 unspecified atom stereocenters. The fraction of sp³-hybridized carbons (Fsp3) is 0.743. The first-order valence-corrected chi connectivity index (χ1v) is 16.6. The van der Waals surface area contributed by atoms with E-state index >= 15 is 0 Å². The average Bonchev–Trinajstić information content (AvgIpc) is 3.69. The summed E-state index contributed by atoms with van der Waals surface area (Å²) in [4.78, 5) is 15.2. The molecule has 1 N–H and O–H groups in total. The number of piperidine rings is 1. The zero-order valence-corrected chi connectivity index (χ0v) is 25.8. The van der Waals surface area contributed by atoms with E-state index in [1.54, 1.807) is 0 Å². The van der Waals surface area contributed by atoms with Gasteiger partial charge in [-0.05, 0) is 75.1 Å². The first-order chi connectivity index (χ1) is 19.8. The van der Waals surface area contributed by atoms with Gasteiger partial charge in [-0.3, -0.25) is 4.90 Å². The first-order valence-electron chi connectivity index (χ1n) is 16.6. The van der Waals surface area contributed by atoms with Crippen molar-refractivity contribution in [3.8, 4) is 11.5 Å². The summed E-state index contributed by atoms with van der Waals surface area (Å²) in [5.41, 5.74) is 1.58. The van der Waals surface area contributed by atoms with Crippen molar-refractivity contribution in [2.45, 2.75) is 140 Å². The summed E-state index contributed by atoms with van der Waals surface area (Å²) in [6, 6.07) is 3.95. The van der Waals surface area contributed by atoms with E-state index in [1.807, 2.05) is 13.0 Å². The van der Waals surface area contributed by atoms with Crippen LogP contribution in [0.25, 0.3) is 0 Å². The van der Waals surface area contributed by atoms with Crippen LogP contribution in [0.3, 0.4) is 0 Å². The van der Waals surface area contributed by atoms with Gasteiger partial charge in [-0.2, -0.15) is 0 Å². The maximum atomic E-state index is 12.7. The van der Waals surface area contributed by atoms with E-state index in [0.717, 1.165) is 62.2 Å². The van der Waals surface area contributed by atoms with E-state index in [-0.39, 0.29) is 12.1 Å². The van der Waals surface area contributed by atoms with Crippen LogP contribution in [-0.4, -0.2) is 53.6 Å². The predicted octanol–water partition coefficient (Wildman–Crippen LogP) is 7.88. The zero-order valence-electron chi connectivity index (χ0n) is 25.8. The molecule has 2 fully saturated rings. The number of hydrogen-bond acceptors (Lipinski definition) is 6. The molecule has 5 rings (SSSR count). The van der Waals surface area contributed by atoms with Gasteiger partial charge in [0.05, 0.1) is 17.6 Å². The average molecular weight is 568 g/mol. The number of fused-ring (bicyclic) bond motifs is 1. The smallest absolute Gasteiger partial charge is 0.481 e. The molecule has 2 aliphatic heterocycles. The number of aliphatic hydroxyl groups is 1. The molecule has 4 atom stereocenters. The van der Waals surface area contributed by atoms with Crippen LogP contribution in [0.5, 0.6) is 11.5 Å². The Morgan fingerprint density at radius 2 is 1.76 bits per heavy atom. The number of likely N-dealkylation sites (tertiary alicyclic amines) is 1. The van der Waals surface area contributed by atoms with Crippen molar-refractivity contribution in [3.63, 3.8) is 0 Å². The van der Waals surface area contributed by atoms with Gasteiger partial charge in [0.15, 0.2) is 11.5 Å². The Kier molecular flexibility index (Phi) is 9.70. The summed E-state index contributed by atoms with van der Waals surface area (Å²) >= 11 is 0. The SMILES string of the molecule is C=C(CC)[C@@H]1Oc2c(OC(=O)OCCCCCCCCCCCC)ccc3c2[C@@]12CCN(CC1CC1)C(C3)[C@@]2(C)O. The van der Waals surface area contributed by atoms with E-state index in [1.165, 1.54) is 69.8 Å². The largest absolute Gasteiger partial charge is 0.513 e. The van der Waals surface area contributed by atoms with E-state index in [0.29, 0.717) is 18.1 Å². The molecule has 0 aromatic heterocycles. The van der Waals surface area contributed by atoms with Crippen molar-refractivity contribution < 1.29 is 24.1 Å². The van der Waals surface area contributed by atoms with E-state index in [4.69, 9.17) is 14.2 Å². The van der Waals surface area contributed by atoms with E-state index < -0.39 is 17.2 Å². The monoisotopic (exact) mass is 567 g/mol. The molecule has 228 valence electrons. The molecule has 0 amide bonds. The van der Waals surface area contributed by atoms with Gasteiger partial charge < -0.3 is 19.3 Å². The molecule has 0 radical (unpaired) electrons. The van der Waals surface area contributed by atoms with Gasteiger partial charge in [-0.25, -0.2) is 4.79 Å². The summed E-state index contributed by atoms with van der Waals surface area (Å²) in [5, 5.41) is 12.3. The molecule has 1 spiro atoms. The lowest BCUT2D eigenvalue weighted by molar-refractivity contribution is -0.149. The highest BCUT2D eigenvalue weighted by Crippen LogP contribution is 2.63. The number of unbranched alkanes of at least 4 members (excludes halogenated alkanes) is 9. The Balaban J connectivity index is 1.21. The molecule has 1 saturated heterocycles. The maximum absolute atomic E-state index is 12.7. The number of nitrogens with zero attached hydrogens (tertiary/aromatic N) is 1. The Bertz CT molecular complexity index is 1080. The van der Waals surface area contributed by atoms with Crippen molar-refractivity contribution in [1.82, 2.24) is 4.90 Å². The van der Waals surface area contributed by atoms with E-state index in [9.17, 15) is 9.90 Å². The predicted molar refractivity (Wildman–Crippen MR) is 163 cm³/mol. The van der Waals surface area contributed by atoms with Crippen LogP contribution in [0.2, 0.25) is 0 Å². The van der Waals surface area contributed by atoms with Gasteiger partial charge in [-0.1, -0.05) is 84.3 Å². The zero-order chi connectivity index (χ0) is 29.0. The highest BCUT2D eigenvalue weighted by Gasteiger charge is 2.68. The van der Waals surface area contributed by atoms with Gasteiger partial charge >= 0.3 is 6.16 Å². The molecule has 2 heterocycles. The fourth-order valence-corrected chi connectivity index (χ4v) is 7.83. The van der Waals surface area contributed by atoms with Crippen LogP contribution >= 0.6 is 0 Å².